The number of piperazine rings is 1. The molecule has 2 aliphatic rings. The van der Waals surface area contributed by atoms with Crippen LogP contribution >= 0.6 is 0 Å². The van der Waals surface area contributed by atoms with E-state index in [-0.39, 0.29) is 17.6 Å². The number of amides is 1. The van der Waals surface area contributed by atoms with E-state index in [1.807, 2.05) is 53.4 Å². The minimum absolute atomic E-state index is 0.0376. The van der Waals surface area contributed by atoms with Crippen molar-refractivity contribution in [2.45, 2.75) is 19.8 Å². The van der Waals surface area contributed by atoms with E-state index in [1.165, 1.54) is 0 Å². The van der Waals surface area contributed by atoms with Gasteiger partial charge in [-0.25, -0.2) is 9.97 Å². The van der Waals surface area contributed by atoms with Crippen LogP contribution in [0.1, 0.15) is 30.1 Å². The number of rotatable bonds is 4. The number of piperidine rings is 1. The molecule has 4 aromatic rings. The molecule has 2 aromatic heterocycles. The molecular formula is C28H29N5O3. The number of benzene rings is 2. The highest BCUT2D eigenvalue weighted by Gasteiger charge is 2.32. The van der Waals surface area contributed by atoms with Crippen molar-refractivity contribution < 1.29 is 14.0 Å². The lowest BCUT2D eigenvalue weighted by molar-refractivity contribution is -0.136. The topological polar surface area (TPSA) is 82.8 Å². The zero-order valence-corrected chi connectivity index (χ0v) is 20.4. The summed E-state index contributed by atoms with van der Waals surface area (Å²) in [6.07, 6.45) is 3.21. The van der Waals surface area contributed by atoms with Crippen LogP contribution in [0.25, 0.3) is 22.1 Å². The molecule has 0 unspecified atom stereocenters. The third-order valence-electron chi connectivity index (χ3n) is 7.51. The van der Waals surface area contributed by atoms with Crippen LogP contribution in [0.15, 0.2) is 59.3 Å². The van der Waals surface area contributed by atoms with Crippen LogP contribution in [0.4, 0.5) is 11.5 Å². The number of carbonyl (C=O) groups is 2. The second-order valence-electron chi connectivity index (χ2n) is 9.65. The van der Waals surface area contributed by atoms with Crippen LogP contribution in [-0.2, 0) is 4.79 Å². The van der Waals surface area contributed by atoms with E-state index in [2.05, 4.69) is 19.8 Å². The smallest absolute Gasteiger partial charge is 0.225 e. The molecule has 8 nitrogen and oxygen atoms in total. The molecule has 184 valence electrons. The largest absolute Gasteiger partial charge is 0.450 e. The fourth-order valence-corrected chi connectivity index (χ4v) is 5.43. The van der Waals surface area contributed by atoms with Crippen molar-refractivity contribution in [2.75, 3.05) is 49.1 Å². The minimum atomic E-state index is 0.0376. The molecule has 2 aromatic carbocycles. The SMILES string of the molecule is CC(=O)c1ccc(N2CCN(C(=O)C3CCN(c4ncnc5c4oc4ccccc45)CC3)CC2)cc1. The molecule has 2 fully saturated rings. The average molecular weight is 484 g/mol. The van der Waals surface area contributed by atoms with Crippen molar-refractivity contribution in [3.05, 3.63) is 60.4 Å². The third-order valence-corrected chi connectivity index (χ3v) is 7.51. The molecule has 0 spiro atoms. The van der Waals surface area contributed by atoms with Crippen LogP contribution in [0.5, 0.6) is 0 Å². The van der Waals surface area contributed by atoms with Gasteiger partial charge < -0.3 is 19.1 Å². The molecule has 6 rings (SSSR count). The molecule has 0 bridgehead atoms. The summed E-state index contributed by atoms with van der Waals surface area (Å²) >= 11 is 0. The van der Waals surface area contributed by atoms with Crippen molar-refractivity contribution in [1.82, 2.24) is 14.9 Å². The summed E-state index contributed by atoms with van der Waals surface area (Å²) in [7, 11) is 0. The summed E-state index contributed by atoms with van der Waals surface area (Å²) in [6, 6.07) is 15.7. The highest BCUT2D eigenvalue weighted by molar-refractivity contribution is 6.05. The maximum Gasteiger partial charge on any atom is 0.225 e. The maximum atomic E-state index is 13.3. The van der Waals surface area contributed by atoms with Crippen LogP contribution in [0.2, 0.25) is 0 Å². The number of ketones is 1. The van der Waals surface area contributed by atoms with Crippen molar-refractivity contribution in [3.8, 4) is 0 Å². The molecule has 2 saturated heterocycles. The number of hydrogen-bond acceptors (Lipinski definition) is 7. The van der Waals surface area contributed by atoms with Gasteiger partial charge in [0.1, 0.15) is 17.4 Å². The number of nitrogens with zero attached hydrogens (tertiary/aromatic N) is 5. The zero-order chi connectivity index (χ0) is 24.6. The van der Waals surface area contributed by atoms with Crippen molar-refractivity contribution in [1.29, 1.82) is 0 Å². The van der Waals surface area contributed by atoms with E-state index in [4.69, 9.17) is 4.42 Å². The number of aromatic nitrogens is 2. The number of para-hydroxylation sites is 1. The quantitative estimate of drug-likeness (QED) is 0.404. The van der Waals surface area contributed by atoms with Crippen LogP contribution in [0, 0.1) is 5.92 Å². The van der Waals surface area contributed by atoms with Gasteiger partial charge in [0.2, 0.25) is 5.91 Å². The Morgan fingerprint density at radius 1 is 0.861 bits per heavy atom. The normalized spacial score (nSPS) is 17.2. The van der Waals surface area contributed by atoms with Crippen molar-refractivity contribution >= 4 is 45.3 Å². The van der Waals surface area contributed by atoms with E-state index in [0.29, 0.717) is 0 Å². The zero-order valence-electron chi connectivity index (χ0n) is 20.4. The summed E-state index contributed by atoms with van der Waals surface area (Å²) in [4.78, 5) is 40.3. The van der Waals surface area contributed by atoms with Crippen molar-refractivity contribution in [2.24, 2.45) is 5.92 Å². The lowest BCUT2D eigenvalue weighted by Crippen LogP contribution is -2.51. The molecule has 8 heteroatoms. The lowest BCUT2D eigenvalue weighted by Gasteiger charge is -2.39. The van der Waals surface area contributed by atoms with Gasteiger partial charge in [0.05, 0.1) is 0 Å². The molecular weight excluding hydrogens is 454 g/mol. The Hall–Kier alpha value is -3.94. The fraction of sp³-hybridized carbons (Fsp3) is 0.357. The van der Waals surface area contributed by atoms with Gasteiger partial charge in [-0.2, -0.15) is 0 Å². The van der Waals surface area contributed by atoms with E-state index in [9.17, 15) is 9.59 Å². The van der Waals surface area contributed by atoms with Gasteiger partial charge in [-0.1, -0.05) is 12.1 Å². The van der Waals surface area contributed by atoms with Crippen LogP contribution in [0.3, 0.4) is 0 Å². The monoisotopic (exact) mass is 483 g/mol. The molecule has 0 radical (unpaired) electrons. The Morgan fingerprint density at radius 2 is 1.58 bits per heavy atom. The first-order valence-corrected chi connectivity index (χ1v) is 12.6. The first kappa shape index (κ1) is 22.5. The van der Waals surface area contributed by atoms with Gasteiger partial charge in [-0.05, 0) is 56.2 Å². The standard InChI is InChI=1S/C28H29N5O3/c1-19(34)20-6-8-22(9-7-20)31-14-16-33(17-15-31)28(35)21-10-12-32(13-11-21)27-26-25(29-18-30-27)23-4-2-3-5-24(23)36-26/h2-9,18,21H,10-17H2,1H3. The Kier molecular flexibility index (Phi) is 5.79. The third kappa shape index (κ3) is 4.06. The average Bonchev–Trinajstić information content (AvgIpc) is 3.32. The Labute approximate surface area is 209 Å². The predicted molar refractivity (Wildman–Crippen MR) is 139 cm³/mol. The molecule has 2 aliphatic heterocycles. The molecule has 4 heterocycles. The molecule has 0 atom stereocenters. The predicted octanol–water partition coefficient (Wildman–Crippen LogP) is 4.14. The van der Waals surface area contributed by atoms with E-state index < -0.39 is 0 Å². The Morgan fingerprint density at radius 3 is 2.31 bits per heavy atom. The summed E-state index contributed by atoms with van der Waals surface area (Å²) < 4.78 is 6.11. The first-order chi connectivity index (χ1) is 17.6. The van der Waals surface area contributed by atoms with Gasteiger partial charge in [0, 0.05) is 61.8 Å². The molecule has 0 aliphatic carbocycles. The van der Waals surface area contributed by atoms with E-state index >= 15 is 0 Å². The molecule has 0 N–H and O–H groups in total. The number of anilines is 2. The van der Waals surface area contributed by atoms with E-state index in [1.54, 1.807) is 13.3 Å². The maximum absolute atomic E-state index is 13.3. The van der Waals surface area contributed by atoms with Gasteiger partial charge in [-0.15, -0.1) is 0 Å². The number of fused-ring (bicyclic) bond motifs is 3. The highest BCUT2D eigenvalue weighted by atomic mass is 16.3. The number of hydrogen-bond donors (Lipinski definition) is 0. The Bertz CT molecular complexity index is 1410. The number of furan rings is 1. The van der Waals surface area contributed by atoms with Gasteiger partial charge >= 0.3 is 0 Å². The molecule has 36 heavy (non-hydrogen) atoms. The minimum Gasteiger partial charge on any atom is -0.450 e. The fourth-order valence-electron chi connectivity index (χ4n) is 5.43. The van der Waals surface area contributed by atoms with Gasteiger partial charge in [0.15, 0.2) is 17.2 Å². The van der Waals surface area contributed by atoms with Crippen LogP contribution < -0.4 is 9.80 Å². The van der Waals surface area contributed by atoms with Gasteiger partial charge in [-0.3, -0.25) is 9.59 Å². The number of carbonyl (C=O) groups excluding carboxylic acids is 2. The van der Waals surface area contributed by atoms with Gasteiger partial charge in [0.25, 0.3) is 0 Å². The second kappa shape index (κ2) is 9.26. The lowest BCUT2D eigenvalue weighted by atomic mass is 9.95. The second-order valence-corrected chi connectivity index (χ2v) is 9.65. The Balaban J connectivity index is 1.07. The molecule has 1 amide bonds. The molecule has 0 saturated carbocycles. The summed E-state index contributed by atoms with van der Waals surface area (Å²) in [5.41, 5.74) is 4.19. The van der Waals surface area contributed by atoms with Crippen LogP contribution in [-0.4, -0.2) is 65.8 Å². The summed E-state index contributed by atoms with van der Waals surface area (Å²) in [6.45, 7) is 6.16. The highest BCUT2D eigenvalue weighted by Crippen LogP contribution is 2.34. The summed E-state index contributed by atoms with van der Waals surface area (Å²) in [5.74, 6) is 1.18. The van der Waals surface area contributed by atoms with Crippen molar-refractivity contribution in [3.63, 3.8) is 0 Å². The van der Waals surface area contributed by atoms with E-state index in [0.717, 1.165) is 91.2 Å². The summed E-state index contributed by atoms with van der Waals surface area (Å²) in [5, 5.41) is 0.996. The first-order valence-electron chi connectivity index (χ1n) is 12.6. The number of Topliss-reactive ketones (excluding diaryl/α,β-unsaturated/α-hetero) is 1.